The van der Waals surface area contributed by atoms with E-state index >= 15 is 0 Å². The zero-order chi connectivity index (χ0) is 25.3. The maximum absolute atomic E-state index is 14.5. The molecule has 1 aliphatic carbocycles. The van der Waals surface area contributed by atoms with Gasteiger partial charge in [-0.15, -0.1) is 11.3 Å². The maximum Gasteiger partial charge on any atom is 0.195 e. The molecule has 180 valence electrons. The number of hydrogen-bond acceptors (Lipinski definition) is 5. The van der Waals surface area contributed by atoms with E-state index in [2.05, 4.69) is 0 Å². The van der Waals surface area contributed by atoms with Gasteiger partial charge < -0.3 is 4.90 Å². The first-order valence-electron chi connectivity index (χ1n) is 12.1. The summed E-state index contributed by atoms with van der Waals surface area (Å²) in [7, 11) is 0. The summed E-state index contributed by atoms with van der Waals surface area (Å²) in [5.41, 5.74) is 1.81. The van der Waals surface area contributed by atoms with Crippen LogP contribution in [0.3, 0.4) is 0 Å². The Morgan fingerprint density at radius 1 is 0.865 bits per heavy atom. The van der Waals surface area contributed by atoms with Crippen LogP contribution in [0.2, 0.25) is 5.02 Å². The average Bonchev–Trinajstić information content (AvgIpc) is 3.62. The molecule has 1 saturated heterocycles. The Balaban J connectivity index is 1.57. The monoisotopic (exact) mass is 521 g/mol. The van der Waals surface area contributed by atoms with E-state index in [0.29, 0.717) is 26.6 Å². The number of para-hydroxylation sites is 1. The molecule has 6 heteroatoms. The van der Waals surface area contributed by atoms with Crippen LogP contribution < -0.4 is 4.90 Å². The number of carbonyl (C=O) groups is 3. The fourth-order valence-electron chi connectivity index (χ4n) is 6.56. The van der Waals surface area contributed by atoms with Gasteiger partial charge >= 0.3 is 0 Å². The second-order valence-corrected chi connectivity index (χ2v) is 11.0. The van der Waals surface area contributed by atoms with Crippen molar-refractivity contribution in [3.05, 3.63) is 129 Å². The van der Waals surface area contributed by atoms with Gasteiger partial charge in [-0.25, -0.2) is 0 Å². The van der Waals surface area contributed by atoms with Crippen molar-refractivity contribution in [3.8, 4) is 0 Å². The third kappa shape index (κ3) is 2.93. The number of Topliss-reactive ketones (excluding diaryl/α,β-unsaturated/α-hetero) is 3. The van der Waals surface area contributed by atoms with Gasteiger partial charge in [-0.2, -0.15) is 0 Å². The molecule has 4 nitrogen and oxygen atoms in total. The van der Waals surface area contributed by atoms with Gasteiger partial charge in [0.15, 0.2) is 17.3 Å². The van der Waals surface area contributed by atoms with Crippen molar-refractivity contribution in [1.29, 1.82) is 0 Å². The molecular formula is C31H20ClNO3S. The Kier molecular flexibility index (Phi) is 4.91. The minimum absolute atomic E-state index is 0.108. The van der Waals surface area contributed by atoms with E-state index in [1.807, 2.05) is 64.9 Å². The summed E-state index contributed by atoms with van der Waals surface area (Å²) in [5.74, 6) is -1.32. The minimum atomic E-state index is -1.50. The lowest BCUT2D eigenvalue weighted by atomic mass is 9.64. The third-order valence-electron chi connectivity index (χ3n) is 7.95. The summed E-state index contributed by atoms with van der Waals surface area (Å²) < 4.78 is 0. The molecular weight excluding hydrogens is 502 g/mol. The number of carbonyl (C=O) groups excluding carboxylic acids is 3. The SMILES string of the molecule is O=C(c1cccs1)C1C(c2cccc(Cl)c2)C2(C(=O)c3ccccc3C2=O)C2C=Cc3ccccc3N12. The molecule has 3 atom stereocenters. The zero-order valence-corrected chi connectivity index (χ0v) is 21.1. The van der Waals surface area contributed by atoms with Gasteiger partial charge in [0, 0.05) is 27.8 Å². The van der Waals surface area contributed by atoms with Gasteiger partial charge in [-0.05, 0) is 40.8 Å². The van der Waals surface area contributed by atoms with Crippen LogP contribution in [-0.2, 0) is 0 Å². The molecule has 3 unspecified atom stereocenters. The summed E-state index contributed by atoms with van der Waals surface area (Å²) in [6.07, 6.45) is 3.90. The van der Waals surface area contributed by atoms with Gasteiger partial charge in [-0.1, -0.05) is 84.4 Å². The lowest BCUT2D eigenvalue weighted by Crippen LogP contribution is -2.48. The molecule has 3 heterocycles. The third-order valence-corrected chi connectivity index (χ3v) is 9.07. The number of fused-ring (bicyclic) bond motifs is 5. The molecule has 1 fully saturated rings. The molecule has 37 heavy (non-hydrogen) atoms. The van der Waals surface area contributed by atoms with E-state index in [-0.39, 0.29) is 17.3 Å². The predicted molar refractivity (Wildman–Crippen MR) is 146 cm³/mol. The van der Waals surface area contributed by atoms with Gasteiger partial charge in [0.1, 0.15) is 11.5 Å². The molecule has 1 spiro atoms. The number of hydrogen-bond donors (Lipinski definition) is 0. The number of ketones is 3. The van der Waals surface area contributed by atoms with Crippen molar-refractivity contribution >= 4 is 52.1 Å². The summed E-state index contributed by atoms with van der Waals surface area (Å²) in [6.45, 7) is 0. The predicted octanol–water partition coefficient (Wildman–Crippen LogP) is 6.72. The molecule has 4 aromatic rings. The average molecular weight is 522 g/mol. The van der Waals surface area contributed by atoms with Gasteiger partial charge in [0.25, 0.3) is 0 Å². The van der Waals surface area contributed by atoms with Crippen LogP contribution in [0.15, 0.2) is 96.4 Å². The first-order chi connectivity index (χ1) is 18.0. The van der Waals surface area contributed by atoms with Crippen molar-refractivity contribution < 1.29 is 14.4 Å². The van der Waals surface area contributed by atoms with Crippen molar-refractivity contribution in [2.45, 2.75) is 18.0 Å². The van der Waals surface area contributed by atoms with Crippen molar-refractivity contribution in [1.82, 2.24) is 0 Å². The summed E-state index contributed by atoms with van der Waals surface area (Å²) in [4.78, 5) is 46.0. The van der Waals surface area contributed by atoms with Crippen LogP contribution in [0.1, 0.15) is 47.4 Å². The number of anilines is 1. The zero-order valence-electron chi connectivity index (χ0n) is 19.5. The maximum atomic E-state index is 14.5. The number of rotatable bonds is 3. The lowest BCUT2D eigenvalue weighted by molar-refractivity contribution is 0.0666. The molecule has 0 amide bonds. The molecule has 3 aliphatic rings. The second kappa shape index (κ2) is 8.10. The van der Waals surface area contributed by atoms with E-state index < -0.39 is 23.4 Å². The van der Waals surface area contributed by atoms with Crippen LogP contribution >= 0.6 is 22.9 Å². The first-order valence-corrected chi connectivity index (χ1v) is 13.4. The number of benzene rings is 3. The van der Waals surface area contributed by atoms with Crippen LogP contribution in [0.4, 0.5) is 5.69 Å². The topological polar surface area (TPSA) is 54.5 Å². The molecule has 2 aliphatic heterocycles. The molecule has 0 bridgehead atoms. The van der Waals surface area contributed by atoms with E-state index in [9.17, 15) is 14.4 Å². The minimum Gasteiger partial charge on any atom is -0.352 e. The highest BCUT2D eigenvalue weighted by Gasteiger charge is 2.71. The van der Waals surface area contributed by atoms with Crippen LogP contribution in [-0.4, -0.2) is 29.4 Å². The van der Waals surface area contributed by atoms with E-state index in [1.54, 1.807) is 42.5 Å². The first kappa shape index (κ1) is 22.4. The Hall–Kier alpha value is -3.80. The van der Waals surface area contributed by atoms with E-state index in [1.165, 1.54) is 11.3 Å². The van der Waals surface area contributed by atoms with Gasteiger partial charge in [0.2, 0.25) is 0 Å². The Labute approximate surface area is 222 Å². The largest absolute Gasteiger partial charge is 0.352 e. The summed E-state index contributed by atoms with van der Waals surface area (Å²) in [5, 5.41) is 2.36. The van der Waals surface area contributed by atoms with Crippen LogP contribution in [0.5, 0.6) is 0 Å². The number of halogens is 1. The van der Waals surface area contributed by atoms with Crippen molar-refractivity contribution in [2.24, 2.45) is 5.41 Å². The lowest BCUT2D eigenvalue weighted by Gasteiger charge is -2.37. The highest BCUT2D eigenvalue weighted by molar-refractivity contribution is 7.12. The normalized spacial score (nSPS) is 22.7. The fraction of sp³-hybridized carbons (Fsp3) is 0.129. The molecule has 0 N–H and O–H groups in total. The number of nitrogens with zero attached hydrogens (tertiary/aromatic N) is 1. The Morgan fingerprint density at radius 2 is 1.59 bits per heavy atom. The van der Waals surface area contributed by atoms with E-state index in [0.717, 1.165) is 11.3 Å². The van der Waals surface area contributed by atoms with Gasteiger partial charge in [-0.3, -0.25) is 14.4 Å². The van der Waals surface area contributed by atoms with Crippen LogP contribution in [0.25, 0.3) is 6.08 Å². The standard InChI is InChI=1S/C31H20ClNO3S/c32-20-9-5-8-19(17-20)26-27(28(34)24-13-6-16-37-24)33-23-12-4-1-7-18(23)14-15-25(33)31(26)29(35)21-10-2-3-11-22(21)30(31)36/h1-17,25-27H. The molecule has 3 aromatic carbocycles. The Bertz CT molecular complexity index is 1600. The summed E-state index contributed by atoms with van der Waals surface area (Å²) >= 11 is 7.83. The van der Waals surface area contributed by atoms with Crippen molar-refractivity contribution in [2.75, 3.05) is 4.90 Å². The second-order valence-electron chi connectivity index (χ2n) is 9.66. The molecule has 0 radical (unpaired) electrons. The molecule has 0 saturated carbocycles. The highest BCUT2D eigenvalue weighted by Crippen LogP contribution is 2.61. The highest BCUT2D eigenvalue weighted by atomic mass is 35.5. The molecule has 1 aromatic heterocycles. The Morgan fingerprint density at radius 3 is 2.30 bits per heavy atom. The van der Waals surface area contributed by atoms with E-state index in [4.69, 9.17) is 11.6 Å². The fourth-order valence-corrected chi connectivity index (χ4v) is 7.45. The smallest absolute Gasteiger partial charge is 0.195 e. The number of thiophene rings is 1. The van der Waals surface area contributed by atoms with Gasteiger partial charge in [0.05, 0.1) is 10.9 Å². The molecule has 7 rings (SSSR count). The summed E-state index contributed by atoms with van der Waals surface area (Å²) in [6, 6.07) is 24.3. The van der Waals surface area contributed by atoms with Crippen LogP contribution in [0, 0.1) is 5.41 Å². The van der Waals surface area contributed by atoms with Crippen molar-refractivity contribution in [3.63, 3.8) is 0 Å². The quantitative estimate of drug-likeness (QED) is 0.222.